The number of halogens is 2. The summed E-state index contributed by atoms with van der Waals surface area (Å²) < 4.78 is 0. The minimum absolute atomic E-state index is 0.00949. The van der Waals surface area contributed by atoms with Gasteiger partial charge in [-0.25, -0.2) is 0 Å². The number of nitrogens with one attached hydrogen (secondary N) is 1. The highest BCUT2D eigenvalue weighted by molar-refractivity contribution is 6.35. The molecule has 3 rings (SSSR count). The average Bonchev–Trinajstić information content (AvgIpc) is 2.77. The Balaban J connectivity index is 1.97. The Kier molecular flexibility index (Phi) is 3.42. The first-order valence-electron chi connectivity index (χ1n) is 6.18. The van der Waals surface area contributed by atoms with Gasteiger partial charge in [-0.05, 0) is 34.9 Å². The smallest absolute Gasteiger partial charge is 0.228 e. The second kappa shape index (κ2) is 5.09. The molecule has 20 heavy (non-hydrogen) atoms. The van der Waals surface area contributed by atoms with Gasteiger partial charge in [0.1, 0.15) is 0 Å². The van der Waals surface area contributed by atoms with Gasteiger partial charge in [-0.1, -0.05) is 41.4 Å². The maximum absolute atomic E-state index is 11.4. The molecule has 1 aliphatic heterocycles. The number of anilines is 1. The van der Waals surface area contributed by atoms with Gasteiger partial charge in [-0.3, -0.25) is 4.79 Å². The monoisotopic (exact) mass is 306 g/mol. The van der Waals surface area contributed by atoms with E-state index < -0.39 is 0 Å². The van der Waals surface area contributed by atoms with E-state index in [9.17, 15) is 4.79 Å². The molecule has 3 N–H and O–H groups in total. The molecule has 1 heterocycles. The molecule has 1 unspecified atom stereocenters. The SMILES string of the molecule is NC(c1ccc2c(c1)CC(=O)N2)c1ccc(Cl)cc1Cl. The third-order valence-corrected chi connectivity index (χ3v) is 3.97. The summed E-state index contributed by atoms with van der Waals surface area (Å²) in [6.07, 6.45) is 0.393. The first-order valence-corrected chi connectivity index (χ1v) is 6.93. The highest BCUT2D eigenvalue weighted by Crippen LogP contribution is 2.32. The Morgan fingerprint density at radius 3 is 2.70 bits per heavy atom. The molecular weight excluding hydrogens is 295 g/mol. The molecule has 0 fully saturated rings. The van der Waals surface area contributed by atoms with Gasteiger partial charge >= 0.3 is 0 Å². The molecule has 1 aliphatic rings. The summed E-state index contributed by atoms with van der Waals surface area (Å²) in [6.45, 7) is 0. The van der Waals surface area contributed by atoms with Crippen LogP contribution in [0.4, 0.5) is 5.69 Å². The van der Waals surface area contributed by atoms with Crippen molar-refractivity contribution < 1.29 is 4.79 Å². The lowest BCUT2D eigenvalue weighted by molar-refractivity contribution is -0.115. The molecular formula is C15H12Cl2N2O. The molecule has 5 heteroatoms. The van der Waals surface area contributed by atoms with E-state index in [2.05, 4.69) is 5.32 Å². The van der Waals surface area contributed by atoms with Crippen molar-refractivity contribution in [1.82, 2.24) is 0 Å². The van der Waals surface area contributed by atoms with Gasteiger partial charge in [0.2, 0.25) is 5.91 Å². The van der Waals surface area contributed by atoms with Crippen molar-refractivity contribution >= 4 is 34.8 Å². The molecule has 0 spiro atoms. The van der Waals surface area contributed by atoms with Crippen LogP contribution in [0.2, 0.25) is 10.0 Å². The summed E-state index contributed by atoms with van der Waals surface area (Å²) >= 11 is 12.1. The molecule has 0 aromatic heterocycles. The van der Waals surface area contributed by atoms with E-state index in [0.717, 1.165) is 22.4 Å². The molecule has 0 bridgehead atoms. The van der Waals surface area contributed by atoms with Gasteiger partial charge in [-0.15, -0.1) is 0 Å². The third kappa shape index (κ3) is 2.40. The van der Waals surface area contributed by atoms with Crippen LogP contribution in [-0.4, -0.2) is 5.91 Å². The molecule has 0 saturated carbocycles. The second-order valence-corrected chi connectivity index (χ2v) is 5.63. The molecule has 1 amide bonds. The summed E-state index contributed by atoms with van der Waals surface area (Å²) in [6, 6.07) is 10.6. The first kappa shape index (κ1) is 13.4. The zero-order valence-electron chi connectivity index (χ0n) is 10.5. The highest BCUT2D eigenvalue weighted by atomic mass is 35.5. The summed E-state index contributed by atoms with van der Waals surface area (Å²) in [5, 5.41) is 3.92. The van der Waals surface area contributed by atoms with E-state index in [-0.39, 0.29) is 11.9 Å². The molecule has 102 valence electrons. The van der Waals surface area contributed by atoms with Gasteiger partial charge in [0.05, 0.1) is 12.5 Å². The van der Waals surface area contributed by atoms with E-state index in [0.29, 0.717) is 16.5 Å². The number of carbonyl (C=O) groups excluding carboxylic acids is 1. The van der Waals surface area contributed by atoms with Crippen LogP contribution in [0.15, 0.2) is 36.4 Å². The summed E-state index contributed by atoms with van der Waals surface area (Å²) in [4.78, 5) is 11.4. The normalized spacial score (nSPS) is 14.8. The van der Waals surface area contributed by atoms with Gasteiger partial charge < -0.3 is 11.1 Å². The summed E-state index contributed by atoms with van der Waals surface area (Å²) in [5.41, 5.74) is 9.82. The fourth-order valence-corrected chi connectivity index (χ4v) is 2.90. The molecule has 0 saturated heterocycles. The number of hydrogen-bond acceptors (Lipinski definition) is 2. The Bertz CT molecular complexity index is 700. The topological polar surface area (TPSA) is 55.1 Å². The van der Waals surface area contributed by atoms with Gasteiger partial charge in [0.15, 0.2) is 0 Å². The molecule has 3 nitrogen and oxygen atoms in total. The maximum atomic E-state index is 11.4. The summed E-state index contributed by atoms with van der Waals surface area (Å²) in [7, 11) is 0. The van der Waals surface area contributed by atoms with Crippen molar-refractivity contribution in [2.24, 2.45) is 5.73 Å². The molecule has 1 atom stereocenters. The number of nitrogens with two attached hydrogens (primary N) is 1. The Morgan fingerprint density at radius 2 is 1.95 bits per heavy atom. The number of fused-ring (bicyclic) bond motifs is 1. The van der Waals surface area contributed by atoms with Crippen LogP contribution < -0.4 is 11.1 Å². The molecule has 2 aromatic rings. The number of carbonyl (C=O) groups is 1. The van der Waals surface area contributed by atoms with E-state index in [4.69, 9.17) is 28.9 Å². The van der Waals surface area contributed by atoms with Crippen molar-refractivity contribution in [3.63, 3.8) is 0 Å². The Morgan fingerprint density at radius 1 is 1.15 bits per heavy atom. The molecule has 0 aliphatic carbocycles. The van der Waals surface area contributed by atoms with Crippen LogP contribution >= 0.6 is 23.2 Å². The quantitative estimate of drug-likeness (QED) is 0.891. The Labute approximate surface area is 126 Å². The van der Waals surface area contributed by atoms with E-state index in [1.165, 1.54) is 0 Å². The van der Waals surface area contributed by atoms with Crippen LogP contribution in [0.3, 0.4) is 0 Å². The van der Waals surface area contributed by atoms with Gasteiger partial charge in [0, 0.05) is 15.7 Å². The standard InChI is InChI=1S/C15H12Cl2N2O/c16-10-2-3-11(12(17)7-10)15(18)8-1-4-13-9(5-8)6-14(20)19-13/h1-5,7,15H,6,18H2,(H,19,20). The largest absolute Gasteiger partial charge is 0.326 e. The lowest BCUT2D eigenvalue weighted by atomic mass is 9.97. The van der Waals surface area contributed by atoms with Crippen LogP contribution in [0.25, 0.3) is 0 Å². The highest BCUT2D eigenvalue weighted by Gasteiger charge is 2.20. The number of rotatable bonds is 2. The lowest BCUT2D eigenvalue weighted by Gasteiger charge is -2.15. The van der Waals surface area contributed by atoms with Crippen LogP contribution in [0.5, 0.6) is 0 Å². The fraction of sp³-hybridized carbons (Fsp3) is 0.133. The number of amides is 1. The first-order chi connectivity index (χ1) is 9.54. The number of benzene rings is 2. The predicted molar refractivity (Wildman–Crippen MR) is 81.3 cm³/mol. The fourth-order valence-electron chi connectivity index (χ4n) is 2.38. The van der Waals surface area contributed by atoms with Gasteiger partial charge in [0.25, 0.3) is 0 Å². The zero-order valence-corrected chi connectivity index (χ0v) is 12.0. The average molecular weight is 307 g/mol. The van der Waals surface area contributed by atoms with Crippen molar-refractivity contribution in [1.29, 1.82) is 0 Å². The minimum atomic E-state index is -0.347. The van der Waals surface area contributed by atoms with E-state index in [1.54, 1.807) is 12.1 Å². The Hall–Kier alpha value is -1.55. The summed E-state index contributed by atoms with van der Waals surface area (Å²) in [5.74, 6) is 0.00949. The maximum Gasteiger partial charge on any atom is 0.228 e. The minimum Gasteiger partial charge on any atom is -0.326 e. The van der Waals surface area contributed by atoms with Crippen molar-refractivity contribution in [2.75, 3.05) is 5.32 Å². The predicted octanol–water partition coefficient (Wildman–Crippen LogP) is 3.54. The molecule has 0 radical (unpaired) electrons. The van der Waals surface area contributed by atoms with Crippen LogP contribution in [0, 0.1) is 0 Å². The van der Waals surface area contributed by atoms with Crippen molar-refractivity contribution in [3.05, 3.63) is 63.1 Å². The van der Waals surface area contributed by atoms with Crippen molar-refractivity contribution in [2.45, 2.75) is 12.5 Å². The van der Waals surface area contributed by atoms with E-state index in [1.807, 2.05) is 24.3 Å². The lowest BCUT2D eigenvalue weighted by Crippen LogP contribution is -2.12. The van der Waals surface area contributed by atoms with Crippen LogP contribution in [0.1, 0.15) is 22.7 Å². The van der Waals surface area contributed by atoms with E-state index >= 15 is 0 Å². The zero-order chi connectivity index (χ0) is 14.3. The third-order valence-electron chi connectivity index (χ3n) is 3.41. The van der Waals surface area contributed by atoms with Gasteiger partial charge in [-0.2, -0.15) is 0 Å². The van der Waals surface area contributed by atoms with Crippen LogP contribution in [-0.2, 0) is 11.2 Å². The second-order valence-electron chi connectivity index (χ2n) is 4.79. The number of hydrogen-bond donors (Lipinski definition) is 2. The molecule has 2 aromatic carbocycles. The van der Waals surface area contributed by atoms with Crippen molar-refractivity contribution in [3.8, 4) is 0 Å².